The van der Waals surface area contributed by atoms with Gasteiger partial charge >= 0.3 is 0 Å². The number of aliphatic hydroxyl groups excluding tert-OH is 1. The number of ether oxygens (including phenoxy) is 3. The maximum absolute atomic E-state index is 10.5. The Kier molecular flexibility index (Phi) is 4.30. The second kappa shape index (κ2) is 6.01. The molecule has 1 N–H and O–H groups in total. The molecule has 2 fully saturated rings. The summed E-state index contributed by atoms with van der Waals surface area (Å²) >= 11 is 0. The Morgan fingerprint density at radius 2 is 2.00 bits per heavy atom. The van der Waals surface area contributed by atoms with Gasteiger partial charge in [-0.1, -0.05) is 12.1 Å². The summed E-state index contributed by atoms with van der Waals surface area (Å²) in [6.07, 6.45) is -1.22. The Bertz CT molecular complexity index is 639. The number of piperidine rings is 1. The second-order valence-corrected chi connectivity index (χ2v) is 7.10. The molecular formula is C18H24N2O4. The van der Waals surface area contributed by atoms with Gasteiger partial charge in [-0.2, -0.15) is 5.26 Å². The minimum Gasteiger partial charge on any atom is -0.497 e. The monoisotopic (exact) mass is 332 g/mol. The van der Waals surface area contributed by atoms with E-state index in [9.17, 15) is 10.4 Å². The summed E-state index contributed by atoms with van der Waals surface area (Å²) in [5.41, 5.74) is 0.172. The van der Waals surface area contributed by atoms with E-state index in [-0.39, 0.29) is 0 Å². The summed E-state index contributed by atoms with van der Waals surface area (Å²) in [5.74, 6) is -0.0263. The number of fused-ring (bicyclic) bond motifs is 1. The van der Waals surface area contributed by atoms with Crippen molar-refractivity contribution in [2.24, 2.45) is 0 Å². The van der Waals surface area contributed by atoms with Crippen LogP contribution < -0.4 is 4.74 Å². The van der Waals surface area contributed by atoms with Gasteiger partial charge in [0.25, 0.3) is 0 Å². The number of methoxy groups -OCH3 is 1. The lowest BCUT2D eigenvalue weighted by Crippen LogP contribution is -2.65. The third kappa shape index (κ3) is 2.89. The third-order valence-electron chi connectivity index (χ3n) is 4.79. The van der Waals surface area contributed by atoms with Gasteiger partial charge in [-0.15, -0.1) is 0 Å². The molecule has 2 heterocycles. The van der Waals surface area contributed by atoms with Gasteiger partial charge in [0.2, 0.25) is 0 Å². The number of hydrogen-bond donors (Lipinski definition) is 1. The topological polar surface area (TPSA) is 75.0 Å². The molecule has 1 aromatic rings. The van der Waals surface area contributed by atoms with Crippen molar-refractivity contribution in [3.63, 3.8) is 0 Å². The Morgan fingerprint density at radius 1 is 1.33 bits per heavy atom. The lowest BCUT2D eigenvalue weighted by Gasteiger charge is -2.46. The van der Waals surface area contributed by atoms with E-state index in [1.807, 2.05) is 49.9 Å². The summed E-state index contributed by atoms with van der Waals surface area (Å²) in [4.78, 5) is 1.95. The fraction of sp³-hybridized carbons (Fsp3) is 0.611. The Hall–Kier alpha value is -1.65. The number of benzene rings is 1. The molecule has 0 spiro atoms. The minimum absolute atomic E-state index is 0.365. The van der Waals surface area contributed by atoms with Crippen LogP contribution in [-0.2, 0) is 16.0 Å². The third-order valence-corrected chi connectivity index (χ3v) is 4.79. The predicted molar refractivity (Wildman–Crippen MR) is 87.3 cm³/mol. The summed E-state index contributed by atoms with van der Waals surface area (Å²) < 4.78 is 17.1. The van der Waals surface area contributed by atoms with Crippen molar-refractivity contribution in [2.75, 3.05) is 13.7 Å². The average molecular weight is 332 g/mol. The van der Waals surface area contributed by atoms with Crippen LogP contribution in [0.1, 0.15) is 26.3 Å². The zero-order valence-electron chi connectivity index (χ0n) is 14.5. The number of β-amino-alcohol motifs (C(OH)–C–C–N with tert-alkyl or cyclic N) is 1. The molecule has 0 bridgehead atoms. The summed E-state index contributed by atoms with van der Waals surface area (Å²) in [7, 11) is 1.63. The Balaban J connectivity index is 1.85. The van der Waals surface area contributed by atoms with Crippen LogP contribution in [0.3, 0.4) is 0 Å². The average Bonchev–Trinajstić information content (AvgIpc) is 2.78. The molecular weight excluding hydrogens is 308 g/mol. The molecule has 0 radical (unpaired) electrons. The van der Waals surface area contributed by atoms with Crippen molar-refractivity contribution < 1.29 is 19.3 Å². The molecule has 2 aliphatic heterocycles. The minimum atomic E-state index is -0.873. The highest BCUT2D eigenvalue weighted by molar-refractivity contribution is 5.28. The van der Waals surface area contributed by atoms with Crippen LogP contribution in [0.15, 0.2) is 24.3 Å². The van der Waals surface area contributed by atoms with E-state index in [1.54, 1.807) is 7.11 Å². The van der Waals surface area contributed by atoms with E-state index in [0.29, 0.717) is 13.1 Å². The highest BCUT2D eigenvalue weighted by Gasteiger charge is 2.61. The first kappa shape index (κ1) is 17.2. The van der Waals surface area contributed by atoms with Crippen molar-refractivity contribution in [1.82, 2.24) is 4.90 Å². The highest BCUT2D eigenvalue weighted by Crippen LogP contribution is 2.44. The molecule has 6 heteroatoms. The molecule has 6 nitrogen and oxygen atoms in total. The van der Waals surface area contributed by atoms with Gasteiger partial charge in [0, 0.05) is 13.1 Å². The summed E-state index contributed by atoms with van der Waals surface area (Å²) in [5, 5.41) is 20.3. The van der Waals surface area contributed by atoms with Crippen LogP contribution in [0.2, 0.25) is 0 Å². The maximum Gasteiger partial charge on any atom is 0.164 e. The van der Waals surface area contributed by atoms with Crippen LogP contribution in [0, 0.1) is 11.3 Å². The van der Waals surface area contributed by atoms with Crippen LogP contribution in [-0.4, -0.2) is 53.3 Å². The zero-order valence-corrected chi connectivity index (χ0v) is 14.5. The molecule has 2 saturated heterocycles. The van der Waals surface area contributed by atoms with Crippen LogP contribution >= 0.6 is 0 Å². The van der Waals surface area contributed by atoms with Gasteiger partial charge in [-0.25, -0.2) is 0 Å². The lowest BCUT2D eigenvalue weighted by molar-refractivity contribution is -0.166. The van der Waals surface area contributed by atoms with Crippen molar-refractivity contribution in [2.45, 2.75) is 57.0 Å². The molecule has 24 heavy (non-hydrogen) atoms. The smallest absolute Gasteiger partial charge is 0.164 e. The number of hydrogen-bond acceptors (Lipinski definition) is 6. The normalized spacial score (nSPS) is 35.2. The number of nitriles is 1. The fourth-order valence-electron chi connectivity index (χ4n) is 3.84. The standard InChI is InChI=1S/C18H24N2O4/c1-17(2)23-16-14(21)11-20(15(9-19)18(16,3)24-17)10-12-5-7-13(22-4)8-6-12/h5-8,14-16,21H,10-11H2,1-4H3/t14-,15-,16+,18-/m0/s1. The quantitative estimate of drug-likeness (QED) is 0.908. The number of likely N-dealkylation sites (tertiary alicyclic amines) is 1. The van der Waals surface area contributed by atoms with E-state index in [2.05, 4.69) is 6.07 Å². The molecule has 130 valence electrons. The zero-order chi connectivity index (χ0) is 17.5. The van der Waals surface area contributed by atoms with Crippen LogP contribution in [0.4, 0.5) is 0 Å². The van der Waals surface area contributed by atoms with Crippen molar-refractivity contribution in [3.05, 3.63) is 29.8 Å². The molecule has 2 aliphatic rings. The Labute approximate surface area is 142 Å². The van der Waals surface area contributed by atoms with Crippen LogP contribution in [0.25, 0.3) is 0 Å². The maximum atomic E-state index is 10.5. The number of nitrogens with zero attached hydrogens (tertiary/aromatic N) is 2. The second-order valence-electron chi connectivity index (χ2n) is 7.10. The predicted octanol–water partition coefficient (Wildman–Crippen LogP) is 1.67. The SMILES string of the molecule is COc1ccc(CN2C[C@H](O)[C@H]3OC(C)(C)O[C@@]3(C)[C@@H]2C#N)cc1. The number of aliphatic hydroxyl groups is 1. The van der Waals surface area contributed by atoms with E-state index in [1.165, 1.54) is 0 Å². The van der Waals surface area contributed by atoms with E-state index >= 15 is 0 Å². The van der Waals surface area contributed by atoms with Gasteiger partial charge in [-0.3, -0.25) is 4.90 Å². The molecule has 1 aromatic carbocycles. The van der Waals surface area contributed by atoms with Gasteiger partial charge in [0.05, 0.1) is 19.3 Å². The van der Waals surface area contributed by atoms with Crippen molar-refractivity contribution in [3.8, 4) is 11.8 Å². The van der Waals surface area contributed by atoms with E-state index in [4.69, 9.17) is 14.2 Å². The molecule has 0 aliphatic carbocycles. The summed E-state index contributed by atoms with van der Waals surface area (Å²) in [6, 6.07) is 9.55. The first-order chi connectivity index (χ1) is 11.3. The van der Waals surface area contributed by atoms with Crippen molar-refractivity contribution in [1.29, 1.82) is 5.26 Å². The number of rotatable bonds is 3. The van der Waals surface area contributed by atoms with Gasteiger partial charge in [-0.05, 0) is 38.5 Å². The Morgan fingerprint density at radius 3 is 2.58 bits per heavy atom. The van der Waals surface area contributed by atoms with E-state index < -0.39 is 29.6 Å². The van der Waals surface area contributed by atoms with E-state index in [0.717, 1.165) is 11.3 Å². The van der Waals surface area contributed by atoms with Gasteiger partial charge in [0.1, 0.15) is 23.5 Å². The highest BCUT2D eigenvalue weighted by atomic mass is 16.8. The molecule has 0 aromatic heterocycles. The van der Waals surface area contributed by atoms with Crippen molar-refractivity contribution >= 4 is 0 Å². The molecule has 3 rings (SSSR count). The summed E-state index contributed by atoms with van der Waals surface area (Å²) in [6.45, 7) is 6.39. The molecule has 0 amide bonds. The fourth-order valence-corrected chi connectivity index (χ4v) is 3.84. The van der Waals surface area contributed by atoms with Gasteiger partial charge < -0.3 is 19.3 Å². The largest absolute Gasteiger partial charge is 0.497 e. The molecule has 0 unspecified atom stereocenters. The van der Waals surface area contributed by atoms with Gasteiger partial charge in [0.15, 0.2) is 5.79 Å². The first-order valence-corrected chi connectivity index (χ1v) is 8.12. The first-order valence-electron chi connectivity index (χ1n) is 8.12. The van der Waals surface area contributed by atoms with Crippen LogP contribution in [0.5, 0.6) is 5.75 Å². The lowest BCUT2D eigenvalue weighted by atomic mass is 9.82. The molecule has 0 saturated carbocycles. The molecule has 4 atom stereocenters.